The molecule has 6 nitrogen and oxygen atoms in total. The molecule has 2 aromatic heterocycles. The van der Waals surface area contributed by atoms with Crippen molar-refractivity contribution >= 4 is 44.5 Å². The van der Waals surface area contributed by atoms with Crippen molar-refractivity contribution in [2.75, 3.05) is 10.6 Å². The molecule has 0 aliphatic heterocycles. The minimum absolute atomic E-state index is 0.0852. The van der Waals surface area contributed by atoms with Gasteiger partial charge in [-0.1, -0.05) is 12.8 Å². The lowest BCUT2D eigenvalue weighted by atomic mass is 10.1. The van der Waals surface area contributed by atoms with Crippen molar-refractivity contribution in [3.05, 3.63) is 32.0 Å². The Hall–Kier alpha value is -2.68. The summed E-state index contributed by atoms with van der Waals surface area (Å²) in [5.74, 6) is -0.170. The van der Waals surface area contributed by atoms with Crippen LogP contribution < -0.4 is 10.6 Å². The van der Waals surface area contributed by atoms with E-state index >= 15 is 0 Å². The van der Waals surface area contributed by atoms with Crippen LogP contribution in [0.4, 0.5) is 10.0 Å². The molecule has 0 aliphatic carbocycles. The third-order valence-electron chi connectivity index (χ3n) is 5.06. The largest absolute Gasteiger partial charge is 0.317 e. The lowest BCUT2D eigenvalue weighted by Crippen LogP contribution is -2.11. The molecular formula is C22H26N4O2S2. The van der Waals surface area contributed by atoms with Gasteiger partial charge in [-0.2, -0.15) is 10.5 Å². The average molecular weight is 443 g/mol. The smallest absolute Gasteiger partial charge is 0.225 e. The predicted octanol–water partition coefficient (Wildman–Crippen LogP) is 5.70. The van der Waals surface area contributed by atoms with Crippen LogP contribution in [-0.4, -0.2) is 11.8 Å². The first-order chi connectivity index (χ1) is 14.3. The van der Waals surface area contributed by atoms with E-state index in [1.807, 2.05) is 27.7 Å². The lowest BCUT2D eigenvalue weighted by Gasteiger charge is -2.05. The summed E-state index contributed by atoms with van der Waals surface area (Å²) >= 11 is 2.86. The molecule has 0 bridgehead atoms. The summed E-state index contributed by atoms with van der Waals surface area (Å²) in [6.45, 7) is 7.65. The van der Waals surface area contributed by atoms with E-state index < -0.39 is 0 Å². The van der Waals surface area contributed by atoms with E-state index in [2.05, 4.69) is 22.8 Å². The maximum Gasteiger partial charge on any atom is 0.225 e. The van der Waals surface area contributed by atoms with E-state index in [1.54, 1.807) is 0 Å². The highest BCUT2D eigenvalue weighted by atomic mass is 32.1. The first-order valence-electron chi connectivity index (χ1n) is 9.88. The molecule has 2 N–H and O–H groups in total. The van der Waals surface area contributed by atoms with Gasteiger partial charge in [0.05, 0.1) is 11.1 Å². The normalized spacial score (nSPS) is 10.3. The number of nitrogens with zero attached hydrogens (tertiary/aromatic N) is 2. The molecule has 2 aromatic rings. The monoisotopic (exact) mass is 442 g/mol. The van der Waals surface area contributed by atoms with Crippen molar-refractivity contribution in [1.29, 1.82) is 10.5 Å². The molecule has 30 heavy (non-hydrogen) atoms. The number of aryl methyl sites for hydroxylation is 2. The predicted molar refractivity (Wildman–Crippen MR) is 122 cm³/mol. The van der Waals surface area contributed by atoms with Crippen LogP contribution in [0.3, 0.4) is 0 Å². The number of amides is 2. The second-order valence-corrected chi connectivity index (χ2v) is 9.66. The first-order valence-corrected chi connectivity index (χ1v) is 11.5. The SMILES string of the molecule is Cc1sc(NC(=O)CCCCCCC(=O)Nc2sc(C)c(C)c2C#N)c(C#N)c1C. The van der Waals surface area contributed by atoms with E-state index in [9.17, 15) is 20.1 Å². The number of carbonyl (C=O) groups is 2. The maximum absolute atomic E-state index is 12.1. The van der Waals surface area contributed by atoms with Gasteiger partial charge in [-0.25, -0.2) is 0 Å². The van der Waals surface area contributed by atoms with Gasteiger partial charge in [-0.05, 0) is 51.7 Å². The van der Waals surface area contributed by atoms with Crippen LogP contribution in [0.1, 0.15) is 70.5 Å². The van der Waals surface area contributed by atoms with Crippen molar-refractivity contribution in [3.63, 3.8) is 0 Å². The summed E-state index contributed by atoms with van der Waals surface area (Å²) in [7, 11) is 0. The van der Waals surface area contributed by atoms with Crippen LogP contribution in [0.5, 0.6) is 0 Å². The van der Waals surface area contributed by atoms with Crippen LogP contribution in [0.2, 0.25) is 0 Å². The Morgan fingerprint density at radius 1 is 0.733 bits per heavy atom. The second kappa shape index (κ2) is 10.9. The summed E-state index contributed by atoms with van der Waals surface area (Å²) < 4.78 is 0. The van der Waals surface area contributed by atoms with Crippen molar-refractivity contribution in [2.45, 2.75) is 66.2 Å². The van der Waals surface area contributed by atoms with Crippen LogP contribution >= 0.6 is 22.7 Å². The molecule has 0 spiro atoms. The Balaban J connectivity index is 1.66. The van der Waals surface area contributed by atoms with Gasteiger partial charge in [0.25, 0.3) is 0 Å². The van der Waals surface area contributed by atoms with Gasteiger partial charge >= 0.3 is 0 Å². The molecule has 0 atom stereocenters. The van der Waals surface area contributed by atoms with Gasteiger partial charge < -0.3 is 10.6 Å². The molecule has 0 radical (unpaired) electrons. The Kier molecular flexibility index (Phi) is 8.58. The third-order valence-corrected chi connectivity index (χ3v) is 7.30. The number of hydrogen-bond acceptors (Lipinski definition) is 6. The van der Waals surface area contributed by atoms with Crippen LogP contribution in [0.25, 0.3) is 0 Å². The molecule has 0 aromatic carbocycles. The molecule has 0 fully saturated rings. The molecule has 0 aliphatic rings. The van der Waals surface area contributed by atoms with Gasteiger partial charge in [-0.3, -0.25) is 9.59 Å². The Labute approximate surface area is 185 Å². The minimum Gasteiger partial charge on any atom is -0.317 e. The number of rotatable bonds is 9. The van der Waals surface area contributed by atoms with Crippen molar-refractivity contribution in [3.8, 4) is 12.1 Å². The van der Waals surface area contributed by atoms with Crippen LogP contribution in [0, 0.1) is 50.4 Å². The summed E-state index contributed by atoms with van der Waals surface area (Å²) in [5.41, 5.74) is 2.94. The molecule has 2 amide bonds. The topological polar surface area (TPSA) is 106 Å². The fourth-order valence-corrected chi connectivity index (χ4v) is 5.06. The molecule has 2 heterocycles. The number of anilines is 2. The highest BCUT2D eigenvalue weighted by Gasteiger charge is 2.15. The van der Waals surface area contributed by atoms with Gasteiger partial charge in [0.1, 0.15) is 22.1 Å². The zero-order valence-corrected chi connectivity index (χ0v) is 19.4. The van der Waals surface area contributed by atoms with Crippen LogP contribution in [-0.2, 0) is 9.59 Å². The number of nitriles is 2. The standard InChI is InChI=1S/C22H26N4O2S2/c1-13-15(3)29-21(17(13)11-23)25-19(27)9-7-5-6-8-10-20(28)26-22-18(12-24)14(2)16(4)30-22/h5-10H2,1-4H3,(H,25,27)(H,26,28). The van der Waals surface area contributed by atoms with E-state index in [-0.39, 0.29) is 11.8 Å². The van der Waals surface area contributed by atoms with Gasteiger partial charge in [0.15, 0.2) is 0 Å². The number of thiophene rings is 2. The molecule has 2 rings (SSSR count). The van der Waals surface area contributed by atoms with E-state index in [4.69, 9.17) is 0 Å². The molecular weight excluding hydrogens is 416 g/mol. The van der Waals surface area contributed by atoms with Crippen LogP contribution in [0.15, 0.2) is 0 Å². The van der Waals surface area contributed by atoms with E-state index in [0.29, 0.717) is 34.0 Å². The molecule has 0 unspecified atom stereocenters. The quantitative estimate of drug-likeness (QED) is 0.485. The fraction of sp³-hybridized carbons (Fsp3) is 0.455. The van der Waals surface area contributed by atoms with Gasteiger partial charge in [0.2, 0.25) is 11.8 Å². The van der Waals surface area contributed by atoms with Crippen molar-refractivity contribution in [2.24, 2.45) is 0 Å². The van der Waals surface area contributed by atoms with Gasteiger partial charge in [0, 0.05) is 22.6 Å². The van der Waals surface area contributed by atoms with Crippen molar-refractivity contribution < 1.29 is 9.59 Å². The first kappa shape index (κ1) is 23.6. The Morgan fingerprint density at radius 3 is 1.43 bits per heavy atom. The summed E-state index contributed by atoms with van der Waals surface area (Å²) in [4.78, 5) is 26.3. The Bertz CT molecular complexity index is 939. The maximum atomic E-state index is 12.1. The summed E-state index contributed by atoms with van der Waals surface area (Å²) in [6, 6.07) is 4.31. The highest BCUT2D eigenvalue weighted by Crippen LogP contribution is 2.32. The lowest BCUT2D eigenvalue weighted by molar-refractivity contribution is -0.117. The molecule has 8 heteroatoms. The fourth-order valence-electron chi connectivity index (χ4n) is 3.00. The third kappa shape index (κ3) is 5.91. The minimum atomic E-state index is -0.0852. The number of carbonyl (C=O) groups excluding carboxylic acids is 2. The molecule has 0 saturated carbocycles. The van der Waals surface area contributed by atoms with Gasteiger partial charge in [-0.15, -0.1) is 22.7 Å². The number of unbranched alkanes of at least 4 members (excludes halogenated alkanes) is 3. The number of hydrogen-bond donors (Lipinski definition) is 2. The highest BCUT2D eigenvalue weighted by molar-refractivity contribution is 7.17. The van der Waals surface area contributed by atoms with Crippen molar-refractivity contribution in [1.82, 2.24) is 0 Å². The second-order valence-electron chi connectivity index (χ2n) is 7.21. The summed E-state index contributed by atoms with van der Waals surface area (Å²) in [6.07, 6.45) is 3.98. The zero-order valence-electron chi connectivity index (χ0n) is 17.8. The Morgan fingerprint density at radius 2 is 1.10 bits per heavy atom. The average Bonchev–Trinajstić information content (AvgIpc) is 3.12. The number of nitrogens with one attached hydrogen (secondary N) is 2. The summed E-state index contributed by atoms with van der Waals surface area (Å²) in [5, 5.41) is 25.4. The molecule has 158 valence electrons. The van der Waals surface area contributed by atoms with E-state index in [1.165, 1.54) is 22.7 Å². The zero-order chi connectivity index (χ0) is 22.3. The van der Waals surface area contributed by atoms with E-state index in [0.717, 1.165) is 46.6 Å². The molecule has 0 saturated heterocycles.